The number of aromatic nitrogens is 1. The van der Waals surface area contributed by atoms with Crippen LogP contribution in [0, 0.1) is 18.3 Å². The minimum absolute atomic E-state index is 0.0390. The van der Waals surface area contributed by atoms with Crippen LogP contribution in [-0.2, 0) is 0 Å². The highest BCUT2D eigenvalue weighted by molar-refractivity contribution is 5.88. The lowest BCUT2D eigenvalue weighted by Gasteiger charge is -1.98. The predicted molar refractivity (Wildman–Crippen MR) is 43.9 cm³/mol. The molecule has 1 aromatic rings. The highest BCUT2D eigenvalue weighted by Crippen LogP contribution is 2.05. The number of nitrogens with one attached hydrogen (secondary N) is 2. The minimum Gasteiger partial charge on any atom is -0.360 e. The van der Waals surface area contributed by atoms with E-state index in [4.69, 9.17) is 9.78 Å². The highest BCUT2D eigenvalue weighted by atomic mass is 16.5. The minimum atomic E-state index is -0.477. The van der Waals surface area contributed by atoms with Gasteiger partial charge in [0, 0.05) is 6.07 Å². The molecule has 0 fully saturated rings. The molecule has 2 amide bonds. The molecule has 0 spiro atoms. The third-order valence-corrected chi connectivity index (χ3v) is 1.20. The first-order chi connectivity index (χ1) is 6.22. The monoisotopic (exact) mass is 180 g/mol. The molecule has 0 aliphatic heterocycles. The number of carbonyl (C=O) groups is 1. The predicted octanol–water partition coefficient (Wildman–Crippen LogP) is 0.628. The summed E-state index contributed by atoms with van der Waals surface area (Å²) in [5, 5.41) is 16.4. The molecule has 1 heterocycles. The van der Waals surface area contributed by atoms with Crippen LogP contribution in [0.3, 0.4) is 0 Å². The van der Waals surface area contributed by atoms with Crippen LogP contribution in [0.15, 0.2) is 10.6 Å². The summed E-state index contributed by atoms with van der Waals surface area (Å²) in [6, 6.07) is 2.87. The molecule has 6 nitrogen and oxygen atoms in total. The fourth-order valence-electron chi connectivity index (χ4n) is 0.706. The molecule has 68 valence electrons. The first-order valence-electron chi connectivity index (χ1n) is 3.57. The van der Waals surface area contributed by atoms with Gasteiger partial charge in [-0.25, -0.2) is 4.79 Å². The molecule has 0 saturated carbocycles. The van der Waals surface area contributed by atoms with Gasteiger partial charge in [-0.1, -0.05) is 5.16 Å². The number of carbonyl (C=O) groups excluding carboxylic acids is 1. The van der Waals surface area contributed by atoms with E-state index in [1.807, 2.05) is 0 Å². The van der Waals surface area contributed by atoms with E-state index < -0.39 is 6.03 Å². The van der Waals surface area contributed by atoms with Gasteiger partial charge in [0.15, 0.2) is 5.82 Å². The van der Waals surface area contributed by atoms with E-state index >= 15 is 0 Å². The number of hydrogen-bond acceptors (Lipinski definition) is 4. The first-order valence-corrected chi connectivity index (χ1v) is 3.57. The van der Waals surface area contributed by atoms with Gasteiger partial charge < -0.3 is 9.84 Å². The summed E-state index contributed by atoms with van der Waals surface area (Å²) in [7, 11) is 0. The fraction of sp³-hybridized carbons (Fsp3) is 0.286. The Morgan fingerprint density at radius 2 is 2.62 bits per heavy atom. The van der Waals surface area contributed by atoms with Crippen molar-refractivity contribution in [2.24, 2.45) is 0 Å². The molecule has 1 aromatic heterocycles. The standard InChI is InChI=1S/C7H8N4O2/c1-5-4-6(11-13-5)10-7(12)9-3-2-8/h4H,3H2,1H3,(H2,9,10,11,12). The van der Waals surface area contributed by atoms with Crippen LogP contribution in [0.5, 0.6) is 0 Å². The summed E-state index contributed by atoms with van der Waals surface area (Å²) < 4.78 is 4.71. The number of anilines is 1. The molecule has 0 aromatic carbocycles. The summed E-state index contributed by atoms with van der Waals surface area (Å²) >= 11 is 0. The van der Waals surface area contributed by atoms with Gasteiger partial charge in [-0.2, -0.15) is 5.26 Å². The van der Waals surface area contributed by atoms with Crippen molar-refractivity contribution >= 4 is 11.8 Å². The van der Waals surface area contributed by atoms with Crippen LogP contribution >= 0.6 is 0 Å². The van der Waals surface area contributed by atoms with Gasteiger partial charge in [-0.3, -0.25) is 5.32 Å². The molecular weight excluding hydrogens is 172 g/mol. The molecule has 0 atom stereocenters. The van der Waals surface area contributed by atoms with E-state index in [1.54, 1.807) is 19.1 Å². The molecular formula is C7H8N4O2. The molecule has 0 unspecified atom stereocenters. The molecule has 0 saturated heterocycles. The van der Waals surface area contributed by atoms with Gasteiger partial charge in [-0.15, -0.1) is 0 Å². The lowest BCUT2D eigenvalue weighted by molar-refractivity contribution is 0.253. The number of amides is 2. The quantitative estimate of drug-likeness (QED) is 0.653. The van der Waals surface area contributed by atoms with E-state index in [9.17, 15) is 4.79 Å². The maximum Gasteiger partial charge on any atom is 0.321 e. The topological polar surface area (TPSA) is 91.0 Å². The molecule has 0 bridgehead atoms. The summed E-state index contributed by atoms with van der Waals surface area (Å²) in [6.07, 6.45) is 0. The van der Waals surface area contributed by atoms with Crippen molar-refractivity contribution in [2.75, 3.05) is 11.9 Å². The van der Waals surface area contributed by atoms with Crippen molar-refractivity contribution in [3.05, 3.63) is 11.8 Å². The lowest BCUT2D eigenvalue weighted by atomic mass is 10.5. The maximum absolute atomic E-state index is 10.9. The van der Waals surface area contributed by atoms with E-state index in [0.29, 0.717) is 11.6 Å². The smallest absolute Gasteiger partial charge is 0.321 e. The van der Waals surface area contributed by atoms with Gasteiger partial charge in [0.1, 0.15) is 12.3 Å². The van der Waals surface area contributed by atoms with Crippen LogP contribution in [0.1, 0.15) is 5.76 Å². The average Bonchev–Trinajstić information content (AvgIpc) is 2.48. The number of nitrogens with zero attached hydrogens (tertiary/aromatic N) is 2. The molecule has 13 heavy (non-hydrogen) atoms. The van der Waals surface area contributed by atoms with Gasteiger partial charge in [0.2, 0.25) is 0 Å². The number of urea groups is 1. The van der Waals surface area contributed by atoms with Crippen molar-refractivity contribution in [2.45, 2.75) is 6.92 Å². The molecule has 6 heteroatoms. The summed E-state index contributed by atoms with van der Waals surface area (Å²) in [5.74, 6) is 0.934. The Bertz CT molecular complexity index is 339. The highest BCUT2D eigenvalue weighted by Gasteiger charge is 2.03. The first kappa shape index (κ1) is 9.06. The Hall–Kier alpha value is -2.03. The Labute approximate surface area is 74.5 Å². The normalized spacial score (nSPS) is 8.92. The van der Waals surface area contributed by atoms with Crippen molar-refractivity contribution in [1.82, 2.24) is 10.5 Å². The SMILES string of the molecule is Cc1cc(NC(=O)NCC#N)no1. The fourth-order valence-corrected chi connectivity index (χ4v) is 0.706. The molecule has 0 radical (unpaired) electrons. The van der Waals surface area contributed by atoms with Crippen molar-refractivity contribution in [3.8, 4) is 6.07 Å². The number of rotatable bonds is 2. The van der Waals surface area contributed by atoms with Crippen LogP contribution in [0.25, 0.3) is 0 Å². The van der Waals surface area contributed by atoms with E-state index in [2.05, 4.69) is 15.8 Å². The molecule has 0 aliphatic carbocycles. The van der Waals surface area contributed by atoms with E-state index in [1.165, 1.54) is 0 Å². The summed E-state index contributed by atoms with van der Waals surface area (Å²) in [5.41, 5.74) is 0. The van der Waals surface area contributed by atoms with Crippen molar-refractivity contribution < 1.29 is 9.32 Å². The summed E-state index contributed by atoms with van der Waals surface area (Å²) in [6.45, 7) is 1.67. The molecule has 1 rings (SSSR count). The zero-order chi connectivity index (χ0) is 9.68. The van der Waals surface area contributed by atoms with E-state index in [0.717, 1.165) is 0 Å². The third kappa shape index (κ3) is 2.83. The number of nitriles is 1. The Kier molecular flexibility index (Phi) is 2.87. The average molecular weight is 180 g/mol. The second-order valence-electron chi connectivity index (χ2n) is 2.29. The van der Waals surface area contributed by atoms with Gasteiger partial charge in [0.05, 0.1) is 6.07 Å². The Morgan fingerprint density at radius 3 is 3.15 bits per heavy atom. The third-order valence-electron chi connectivity index (χ3n) is 1.20. The van der Waals surface area contributed by atoms with Crippen LogP contribution in [0.2, 0.25) is 0 Å². The number of hydrogen-bond donors (Lipinski definition) is 2. The zero-order valence-corrected chi connectivity index (χ0v) is 7.00. The second-order valence-corrected chi connectivity index (χ2v) is 2.29. The van der Waals surface area contributed by atoms with Crippen molar-refractivity contribution in [1.29, 1.82) is 5.26 Å². The Balaban J connectivity index is 2.41. The largest absolute Gasteiger partial charge is 0.360 e. The summed E-state index contributed by atoms with van der Waals surface area (Å²) in [4.78, 5) is 10.9. The maximum atomic E-state index is 10.9. The number of aryl methyl sites for hydroxylation is 1. The lowest BCUT2D eigenvalue weighted by Crippen LogP contribution is -2.28. The zero-order valence-electron chi connectivity index (χ0n) is 7.00. The second kappa shape index (κ2) is 4.11. The van der Waals surface area contributed by atoms with Crippen LogP contribution < -0.4 is 10.6 Å². The van der Waals surface area contributed by atoms with E-state index in [-0.39, 0.29) is 6.54 Å². The molecule has 2 N–H and O–H groups in total. The van der Waals surface area contributed by atoms with Gasteiger partial charge in [-0.05, 0) is 6.92 Å². The van der Waals surface area contributed by atoms with Crippen LogP contribution in [-0.4, -0.2) is 17.7 Å². The van der Waals surface area contributed by atoms with Gasteiger partial charge in [0.25, 0.3) is 0 Å². The molecule has 0 aliphatic rings. The van der Waals surface area contributed by atoms with Crippen LogP contribution in [0.4, 0.5) is 10.6 Å². The Morgan fingerprint density at radius 1 is 1.85 bits per heavy atom. The van der Waals surface area contributed by atoms with Crippen molar-refractivity contribution in [3.63, 3.8) is 0 Å². The van der Waals surface area contributed by atoms with Gasteiger partial charge >= 0.3 is 6.03 Å².